The van der Waals surface area contributed by atoms with Gasteiger partial charge in [0.15, 0.2) is 0 Å². The molecule has 0 aliphatic rings. The van der Waals surface area contributed by atoms with Gasteiger partial charge in [-0.05, 0) is 30.3 Å². The molecule has 0 heterocycles. The van der Waals surface area contributed by atoms with Crippen molar-refractivity contribution in [1.82, 2.24) is 0 Å². The van der Waals surface area contributed by atoms with Gasteiger partial charge in [0, 0.05) is 30.0 Å². The van der Waals surface area contributed by atoms with E-state index in [2.05, 4.69) is 4.99 Å². The summed E-state index contributed by atoms with van der Waals surface area (Å²) in [5.41, 5.74) is -1.10. The number of aliphatic imine (C=N–C) groups is 1. The summed E-state index contributed by atoms with van der Waals surface area (Å²) < 4.78 is 45.1. The zero-order valence-corrected chi connectivity index (χ0v) is 14.6. The van der Waals surface area contributed by atoms with Gasteiger partial charge in [0.2, 0.25) is 0 Å². The van der Waals surface area contributed by atoms with Gasteiger partial charge in [0.25, 0.3) is 5.69 Å². The molecule has 6 nitrogen and oxygen atoms in total. The van der Waals surface area contributed by atoms with Crippen molar-refractivity contribution in [3.63, 3.8) is 0 Å². The van der Waals surface area contributed by atoms with Crippen LogP contribution in [0, 0.1) is 10.1 Å². The van der Waals surface area contributed by atoms with Gasteiger partial charge < -0.3 is 9.84 Å². The molecule has 0 aliphatic heterocycles. The number of non-ortho nitro benzene ring substituents is 1. The summed E-state index contributed by atoms with van der Waals surface area (Å²) in [6.07, 6.45) is -3.43. The van der Waals surface area contributed by atoms with Gasteiger partial charge in [0.1, 0.15) is 22.8 Å². The van der Waals surface area contributed by atoms with Gasteiger partial charge in [-0.2, -0.15) is 13.2 Å². The Hall–Kier alpha value is -3.88. The van der Waals surface area contributed by atoms with E-state index in [9.17, 15) is 28.4 Å². The maximum absolute atomic E-state index is 13.3. The molecular weight excluding hydrogens is 389 g/mol. The van der Waals surface area contributed by atoms with Gasteiger partial charge in [-0.3, -0.25) is 15.1 Å². The number of ether oxygens (including phenoxy) is 1. The maximum atomic E-state index is 13.3. The fraction of sp³-hybridized carbons (Fsp3) is 0.0500. The summed E-state index contributed by atoms with van der Waals surface area (Å²) in [6.45, 7) is 0. The van der Waals surface area contributed by atoms with E-state index in [4.69, 9.17) is 4.74 Å². The molecule has 3 rings (SSSR count). The molecule has 1 N–H and O–H groups in total. The number of nitrogens with zero attached hydrogens (tertiary/aromatic N) is 2. The predicted octanol–water partition coefficient (Wildman–Crippen LogP) is 5.86. The van der Waals surface area contributed by atoms with Crippen LogP contribution >= 0.6 is 0 Å². The SMILES string of the molecule is O=[N+]([O-])c1ccc(Oc2cccc(N=Cc3ccccc3O)c2)c(C(F)(F)F)c1. The van der Waals surface area contributed by atoms with E-state index in [1.54, 1.807) is 24.3 Å². The Kier molecular flexibility index (Phi) is 5.49. The largest absolute Gasteiger partial charge is 0.507 e. The Morgan fingerprint density at radius 1 is 1.03 bits per heavy atom. The first-order valence-corrected chi connectivity index (χ1v) is 8.19. The molecule has 0 saturated heterocycles. The van der Waals surface area contributed by atoms with Crippen molar-refractivity contribution >= 4 is 17.6 Å². The van der Waals surface area contributed by atoms with Crippen molar-refractivity contribution < 1.29 is 27.9 Å². The number of alkyl halides is 3. The average molecular weight is 402 g/mol. The Bertz CT molecular complexity index is 1080. The molecule has 0 radical (unpaired) electrons. The topological polar surface area (TPSA) is 85.0 Å². The average Bonchev–Trinajstić information content (AvgIpc) is 2.67. The Labute approximate surface area is 162 Å². The lowest BCUT2D eigenvalue weighted by Crippen LogP contribution is -2.08. The van der Waals surface area contributed by atoms with Crippen molar-refractivity contribution in [2.45, 2.75) is 6.18 Å². The van der Waals surface area contributed by atoms with E-state index in [1.807, 2.05) is 0 Å². The van der Waals surface area contributed by atoms with E-state index >= 15 is 0 Å². The molecule has 0 aliphatic carbocycles. The molecule has 3 aromatic rings. The minimum Gasteiger partial charge on any atom is -0.507 e. The van der Waals surface area contributed by atoms with E-state index < -0.39 is 28.1 Å². The molecule has 0 bridgehead atoms. The maximum Gasteiger partial charge on any atom is 0.420 e. The molecule has 0 unspecified atom stereocenters. The molecule has 0 aromatic heterocycles. The fourth-order valence-electron chi connectivity index (χ4n) is 2.44. The summed E-state index contributed by atoms with van der Waals surface area (Å²) in [5.74, 6) is -0.467. The lowest BCUT2D eigenvalue weighted by molar-refractivity contribution is -0.385. The van der Waals surface area contributed by atoms with E-state index in [0.29, 0.717) is 17.3 Å². The molecule has 9 heteroatoms. The first-order valence-electron chi connectivity index (χ1n) is 8.19. The van der Waals surface area contributed by atoms with Gasteiger partial charge in [-0.15, -0.1) is 0 Å². The van der Waals surface area contributed by atoms with Crippen LogP contribution in [0.3, 0.4) is 0 Å². The van der Waals surface area contributed by atoms with Crippen molar-refractivity contribution in [2.75, 3.05) is 0 Å². The fourth-order valence-corrected chi connectivity index (χ4v) is 2.44. The summed E-state index contributed by atoms with van der Waals surface area (Å²) in [4.78, 5) is 14.0. The Morgan fingerprint density at radius 2 is 1.79 bits per heavy atom. The van der Waals surface area contributed by atoms with E-state index in [0.717, 1.165) is 12.1 Å². The van der Waals surface area contributed by atoms with E-state index in [-0.39, 0.29) is 11.5 Å². The highest BCUT2D eigenvalue weighted by Crippen LogP contribution is 2.40. The predicted molar refractivity (Wildman–Crippen MR) is 100.0 cm³/mol. The van der Waals surface area contributed by atoms with Crippen LogP contribution in [0.25, 0.3) is 0 Å². The highest BCUT2D eigenvalue weighted by atomic mass is 19.4. The van der Waals surface area contributed by atoms with Crippen molar-refractivity contribution in [1.29, 1.82) is 0 Å². The third kappa shape index (κ3) is 4.89. The minimum absolute atomic E-state index is 0.0318. The van der Waals surface area contributed by atoms with Crippen LogP contribution in [0.4, 0.5) is 24.5 Å². The lowest BCUT2D eigenvalue weighted by atomic mass is 10.1. The van der Waals surface area contributed by atoms with Crippen molar-refractivity contribution in [3.8, 4) is 17.2 Å². The van der Waals surface area contributed by atoms with Gasteiger partial charge in [-0.1, -0.05) is 18.2 Å². The summed E-state index contributed by atoms with van der Waals surface area (Å²) in [7, 11) is 0. The molecule has 148 valence electrons. The van der Waals surface area contributed by atoms with Crippen LogP contribution in [-0.4, -0.2) is 16.2 Å². The number of phenolic OH excluding ortho intramolecular Hbond substituents is 1. The number of para-hydroxylation sites is 1. The second-order valence-electron chi connectivity index (χ2n) is 5.85. The number of nitro groups is 1. The van der Waals surface area contributed by atoms with Crippen molar-refractivity contribution in [2.24, 2.45) is 4.99 Å². The third-order valence-electron chi connectivity index (χ3n) is 3.81. The Morgan fingerprint density at radius 3 is 2.48 bits per heavy atom. The quantitative estimate of drug-likeness (QED) is 0.329. The second kappa shape index (κ2) is 8.01. The number of nitro benzene ring substituents is 1. The van der Waals surface area contributed by atoms with Crippen LogP contribution in [-0.2, 0) is 6.18 Å². The van der Waals surface area contributed by atoms with Crippen molar-refractivity contribution in [3.05, 3.63) is 88.0 Å². The number of halogens is 3. The number of aromatic hydroxyl groups is 1. The summed E-state index contributed by atoms with van der Waals surface area (Å²) in [6, 6.07) is 14.7. The molecule has 0 saturated carbocycles. The van der Waals surface area contributed by atoms with Gasteiger partial charge in [-0.25, -0.2) is 0 Å². The lowest BCUT2D eigenvalue weighted by Gasteiger charge is -2.13. The van der Waals surface area contributed by atoms with Crippen LogP contribution in [0.1, 0.15) is 11.1 Å². The number of rotatable bonds is 5. The molecule has 3 aromatic carbocycles. The molecular formula is C20H13F3N2O4. The molecule has 0 atom stereocenters. The van der Waals surface area contributed by atoms with E-state index in [1.165, 1.54) is 30.5 Å². The molecule has 0 spiro atoms. The summed E-state index contributed by atoms with van der Waals surface area (Å²) >= 11 is 0. The molecule has 0 fully saturated rings. The van der Waals surface area contributed by atoms with Gasteiger partial charge in [0.05, 0.1) is 10.6 Å². The van der Waals surface area contributed by atoms with Crippen LogP contribution in [0.15, 0.2) is 71.7 Å². The van der Waals surface area contributed by atoms with Crippen LogP contribution in [0.2, 0.25) is 0 Å². The number of phenols is 1. The highest BCUT2D eigenvalue weighted by molar-refractivity contribution is 5.85. The Balaban J connectivity index is 1.89. The number of hydrogen-bond donors (Lipinski definition) is 1. The number of hydrogen-bond acceptors (Lipinski definition) is 5. The van der Waals surface area contributed by atoms with Crippen LogP contribution in [0.5, 0.6) is 17.2 Å². The second-order valence-corrected chi connectivity index (χ2v) is 5.85. The monoisotopic (exact) mass is 402 g/mol. The van der Waals surface area contributed by atoms with Gasteiger partial charge >= 0.3 is 6.18 Å². The van der Waals surface area contributed by atoms with Crippen LogP contribution < -0.4 is 4.74 Å². The first kappa shape index (κ1) is 19.9. The number of benzene rings is 3. The molecule has 29 heavy (non-hydrogen) atoms. The summed E-state index contributed by atoms with van der Waals surface area (Å²) in [5, 5.41) is 20.5. The first-order chi connectivity index (χ1) is 13.7. The zero-order valence-electron chi connectivity index (χ0n) is 14.6. The smallest absolute Gasteiger partial charge is 0.420 e. The standard InChI is InChI=1S/C20H13F3N2O4/c21-20(22,23)17-11-15(25(27)28)8-9-19(17)29-16-6-3-5-14(10-16)24-12-13-4-1-2-7-18(13)26/h1-12,26H. The molecule has 0 amide bonds. The normalized spacial score (nSPS) is 11.6. The minimum atomic E-state index is -4.83. The highest BCUT2D eigenvalue weighted by Gasteiger charge is 2.36. The zero-order chi connectivity index (χ0) is 21.0. The third-order valence-corrected chi connectivity index (χ3v) is 3.81.